The molecule has 2 aliphatic rings. The van der Waals surface area contributed by atoms with Crippen molar-refractivity contribution >= 4 is 5.91 Å². The molecule has 0 unspecified atom stereocenters. The minimum Gasteiger partial charge on any atom is -0.337 e. The zero-order valence-electron chi connectivity index (χ0n) is 12.8. The van der Waals surface area contributed by atoms with Gasteiger partial charge in [0.25, 0.3) is 5.91 Å². The monoisotopic (exact) mass is 291 g/mol. The van der Waals surface area contributed by atoms with E-state index >= 15 is 0 Å². The molecular formula is C15H25N5O. The van der Waals surface area contributed by atoms with E-state index in [1.54, 1.807) is 0 Å². The maximum atomic E-state index is 12.6. The Morgan fingerprint density at radius 2 is 2.14 bits per heavy atom. The molecule has 0 radical (unpaired) electrons. The summed E-state index contributed by atoms with van der Waals surface area (Å²) in [5.41, 5.74) is 0.502. The number of hydrogen-bond donors (Lipinski definition) is 1. The standard InChI is InChI=1S/C15H25N5O/c1-2-9-19(10-12-3-4-12)15(21)14-11-20(18-17-14)13-5-7-16-8-6-13/h11-13,16H,2-10H2,1H3. The summed E-state index contributed by atoms with van der Waals surface area (Å²) in [5, 5.41) is 11.7. The summed E-state index contributed by atoms with van der Waals surface area (Å²) in [4.78, 5) is 14.5. The number of nitrogens with one attached hydrogen (secondary N) is 1. The van der Waals surface area contributed by atoms with Gasteiger partial charge in [-0.1, -0.05) is 12.1 Å². The molecule has 1 saturated carbocycles. The summed E-state index contributed by atoms with van der Waals surface area (Å²) >= 11 is 0. The van der Waals surface area contributed by atoms with Gasteiger partial charge in [0, 0.05) is 13.1 Å². The Bertz CT molecular complexity index is 476. The number of nitrogens with zero attached hydrogens (tertiary/aromatic N) is 4. The second kappa shape index (κ2) is 6.56. The van der Waals surface area contributed by atoms with Crippen LogP contribution in [0.5, 0.6) is 0 Å². The average molecular weight is 291 g/mol. The molecule has 6 nitrogen and oxygen atoms in total. The van der Waals surface area contributed by atoms with Crippen molar-refractivity contribution in [1.29, 1.82) is 0 Å². The smallest absolute Gasteiger partial charge is 0.276 e. The highest BCUT2D eigenvalue weighted by Gasteiger charge is 2.28. The molecule has 2 heterocycles. The van der Waals surface area contributed by atoms with Crippen molar-refractivity contribution in [3.8, 4) is 0 Å². The van der Waals surface area contributed by atoms with Crippen molar-refractivity contribution in [2.24, 2.45) is 5.92 Å². The van der Waals surface area contributed by atoms with Crippen LogP contribution in [-0.2, 0) is 0 Å². The third-order valence-electron chi connectivity index (χ3n) is 4.37. The first-order chi connectivity index (χ1) is 10.3. The molecule has 1 amide bonds. The van der Waals surface area contributed by atoms with Crippen molar-refractivity contribution in [2.45, 2.75) is 45.1 Å². The Morgan fingerprint density at radius 1 is 1.38 bits per heavy atom. The van der Waals surface area contributed by atoms with Crippen LogP contribution in [0.2, 0.25) is 0 Å². The Kier molecular flexibility index (Phi) is 4.53. The van der Waals surface area contributed by atoms with Crippen LogP contribution in [0.15, 0.2) is 6.20 Å². The number of rotatable bonds is 6. The quantitative estimate of drug-likeness (QED) is 0.862. The zero-order chi connectivity index (χ0) is 14.7. The van der Waals surface area contributed by atoms with Gasteiger partial charge in [0.05, 0.1) is 12.2 Å². The van der Waals surface area contributed by atoms with Gasteiger partial charge in [-0.3, -0.25) is 4.79 Å². The van der Waals surface area contributed by atoms with Crippen molar-refractivity contribution in [3.63, 3.8) is 0 Å². The van der Waals surface area contributed by atoms with Crippen LogP contribution in [0.3, 0.4) is 0 Å². The molecule has 1 aromatic rings. The van der Waals surface area contributed by atoms with E-state index in [1.807, 2.05) is 15.8 Å². The summed E-state index contributed by atoms with van der Waals surface area (Å²) in [7, 11) is 0. The van der Waals surface area contributed by atoms with Gasteiger partial charge < -0.3 is 10.2 Å². The van der Waals surface area contributed by atoms with Crippen LogP contribution < -0.4 is 5.32 Å². The fraction of sp³-hybridized carbons (Fsp3) is 0.800. The first-order valence-electron chi connectivity index (χ1n) is 8.19. The van der Waals surface area contributed by atoms with Crippen LogP contribution in [0.25, 0.3) is 0 Å². The molecule has 0 atom stereocenters. The minimum absolute atomic E-state index is 0.0453. The molecule has 0 aromatic carbocycles. The molecule has 1 aliphatic carbocycles. The van der Waals surface area contributed by atoms with E-state index in [1.165, 1.54) is 12.8 Å². The Balaban J connectivity index is 1.66. The van der Waals surface area contributed by atoms with Crippen LogP contribution in [0.4, 0.5) is 0 Å². The van der Waals surface area contributed by atoms with Gasteiger partial charge in [-0.2, -0.15) is 0 Å². The highest BCUT2D eigenvalue weighted by atomic mass is 16.2. The molecule has 0 spiro atoms. The fourth-order valence-corrected chi connectivity index (χ4v) is 2.94. The van der Waals surface area contributed by atoms with Crippen LogP contribution in [-0.4, -0.2) is 52.0 Å². The van der Waals surface area contributed by atoms with E-state index in [-0.39, 0.29) is 5.91 Å². The van der Waals surface area contributed by atoms with Crippen molar-refractivity contribution in [3.05, 3.63) is 11.9 Å². The molecule has 3 rings (SSSR count). The number of carbonyl (C=O) groups is 1. The first-order valence-corrected chi connectivity index (χ1v) is 8.19. The van der Waals surface area contributed by atoms with Gasteiger partial charge in [-0.05, 0) is 51.1 Å². The summed E-state index contributed by atoms with van der Waals surface area (Å²) in [5.74, 6) is 0.754. The second-order valence-electron chi connectivity index (χ2n) is 6.26. The molecule has 1 aromatic heterocycles. The van der Waals surface area contributed by atoms with Gasteiger partial charge in [0.1, 0.15) is 0 Å². The van der Waals surface area contributed by atoms with E-state index in [0.29, 0.717) is 17.7 Å². The number of piperidine rings is 1. The van der Waals surface area contributed by atoms with Crippen molar-refractivity contribution in [1.82, 2.24) is 25.2 Å². The third kappa shape index (κ3) is 3.61. The Morgan fingerprint density at radius 3 is 2.81 bits per heavy atom. The summed E-state index contributed by atoms with van der Waals surface area (Å²) in [6.45, 7) is 5.83. The third-order valence-corrected chi connectivity index (χ3v) is 4.37. The molecule has 2 fully saturated rings. The van der Waals surface area contributed by atoms with E-state index in [2.05, 4.69) is 22.6 Å². The lowest BCUT2D eigenvalue weighted by atomic mass is 10.1. The minimum atomic E-state index is 0.0453. The van der Waals surface area contributed by atoms with Crippen molar-refractivity contribution < 1.29 is 4.79 Å². The topological polar surface area (TPSA) is 63.1 Å². The Hall–Kier alpha value is -1.43. The number of amides is 1. The van der Waals surface area contributed by atoms with Gasteiger partial charge in [-0.15, -0.1) is 5.10 Å². The summed E-state index contributed by atoms with van der Waals surface area (Å²) in [6.07, 6.45) is 7.45. The molecular weight excluding hydrogens is 266 g/mol. The van der Waals surface area contributed by atoms with Gasteiger partial charge in [0.2, 0.25) is 0 Å². The average Bonchev–Trinajstić information content (AvgIpc) is 3.20. The lowest BCUT2D eigenvalue weighted by Crippen LogP contribution is -2.34. The lowest BCUT2D eigenvalue weighted by molar-refractivity contribution is 0.0741. The summed E-state index contributed by atoms with van der Waals surface area (Å²) in [6, 6.07) is 0.378. The van der Waals surface area contributed by atoms with Gasteiger partial charge in [0.15, 0.2) is 5.69 Å². The van der Waals surface area contributed by atoms with Crippen LogP contribution in [0, 0.1) is 5.92 Å². The molecule has 116 valence electrons. The molecule has 0 bridgehead atoms. The first kappa shape index (κ1) is 14.5. The zero-order valence-corrected chi connectivity index (χ0v) is 12.8. The maximum absolute atomic E-state index is 12.6. The van der Waals surface area contributed by atoms with Crippen LogP contribution in [0.1, 0.15) is 55.6 Å². The molecule has 1 aliphatic heterocycles. The molecule has 1 N–H and O–H groups in total. The predicted octanol–water partition coefficient (Wildman–Crippen LogP) is 1.46. The largest absolute Gasteiger partial charge is 0.337 e. The fourth-order valence-electron chi connectivity index (χ4n) is 2.94. The lowest BCUT2D eigenvalue weighted by Gasteiger charge is -2.22. The van der Waals surface area contributed by atoms with E-state index in [4.69, 9.17) is 0 Å². The molecule has 21 heavy (non-hydrogen) atoms. The van der Waals surface area contributed by atoms with Crippen molar-refractivity contribution in [2.75, 3.05) is 26.2 Å². The van der Waals surface area contributed by atoms with Gasteiger partial charge >= 0.3 is 0 Å². The van der Waals surface area contributed by atoms with E-state index < -0.39 is 0 Å². The predicted molar refractivity (Wildman–Crippen MR) is 80.1 cm³/mol. The van der Waals surface area contributed by atoms with E-state index in [0.717, 1.165) is 45.4 Å². The number of hydrogen-bond acceptors (Lipinski definition) is 4. The summed E-state index contributed by atoms with van der Waals surface area (Å²) < 4.78 is 1.88. The second-order valence-corrected chi connectivity index (χ2v) is 6.26. The van der Waals surface area contributed by atoms with Crippen LogP contribution >= 0.6 is 0 Å². The number of carbonyl (C=O) groups excluding carboxylic acids is 1. The normalized spacial score (nSPS) is 19.7. The molecule has 1 saturated heterocycles. The molecule has 6 heteroatoms. The Labute approximate surface area is 125 Å². The highest BCUT2D eigenvalue weighted by molar-refractivity contribution is 5.91. The number of aromatic nitrogens is 3. The van der Waals surface area contributed by atoms with Gasteiger partial charge in [-0.25, -0.2) is 4.68 Å². The van der Waals surface area contributed by atoms with E-state index in [9.17, 15) is 4.79 Å². The SMILES string of the molecule is CCCN(CC1CC1)C(=O)c1cn(C2CCNCC2)nn1. The highest BCUT2D eigenvalue weighted by Crippen LogP contribution is 2.30. The maximum Gasteiger partial charge on any atom is 0.276 e.